The Balaban J connectivity index is 2.32. The number of nitrogens with zero attached hydrogens (tertiary/aromatic N) is 3. The Morgan fingerprint density at radius 3 is 2.25 bits per heavy atom. The first-order valence-electron chi connectivity index (χ1n) is 11.0. The van der Waals surface area contributed by atoms with Crippen molar-refractivity contribution in [3.63, 3.8) is 0 Å². The summed E-state index contributed by atoms with van der Waals surface area (Å²) in [6.07, 6.45) is 5.01. The molecule has 0 spiro atoms. The van der Waals surface area contributed by atoms with E-state index in [2.05, 4.69) is 11.6 Å². The highest BCUT2D eigenvalue weighted by atomic mass is 16.5. The zero-order valence-corrected chi connectivity index (χ0v) is 18.9. The van der Waals surface area contributed by atoms with Crippen LogP contribution in [0.1, 0.15) is 50.8 Å². The fraction of sp³-hybridized carbons (Fsp3) is 0.609. The number of hydrogen-bond acceptors (Lipinski definition) is 7. The summed E-state index contributed by atoms with van der Waals surface area (Å²) in [5, 5.41) is 28.7. The number of aliphatic carboxylic acids is 2. The van der Waals surface area contributed by atoms with Gasteiger partial charge in [0.15, 0.2) is 0 Å². The first-order valence-corrected chi connectivity index (χ1v) is 11.0. The maximum absolute atomic E-state index is 11.7. The van der Waals surface area contributed by atoms with Crippen LogP contribution in [0.3, 0.4) is 0 Å². The molecule has 0 aromatic carbocycles. The third-order valence-corrected chi connectivity index (χ3v) is 5.60. The molecule has 0 saturated heterocycles. The van der Waals surface area contributed by atoms with Gasteiger partial charge in [-0.25, -0.2) is 0 Å². The molecule has 2 atom stereocenters. The third-order valence-electron chi connectivity index (χ3n) is 5.60. The second-order valence-corrected chi connectivity index (χ2v) is 8.55. The topological polar surface area (TPSA) is 123 Å². The summed E-state index contributed by atoms with van der Waals surface area (Å²) in [6.45, 7) is 7.70. The van der Waals surface area contributed by atoms with Gasteiger partial charge in [0, 0.05) is 30.4 Å². The van der Waals surface area contributed by atoms with Crippen LogP contribution >= 0.6 is 0 Å². The number of carboxylic acids is 2. The van der Waals surface area contributed by atoms with E-state index in [-0.39, 0.29) is 43.6 Å². The number of carboxylic acid groups (broad SMARTS) is 2. The van der Waals surface area contributed by atoms with E-state index in [0.29, 0.717) is 19.6 Å². The Morgan fingerprint density at radius 2 is 1.69 bits per heavy atom. The molecule has 0 radical (unpaired) electrons. The van der Waals surface area contributed by atoms with E-state index in [1.807, 2.05) is 30.9 Å². The molecule has 0 bridgehead atoms. The van der Waals surface area contributed by atoms with Crippen LogP contribution in [0.2, 0.25) is 0 Å². The zero-order chi connectivity index (χ0) is 23.7. The first-order chi connectivity index (χ1) is 15.2. The van der Waals surface area contributed by atoms with Gasteiger partial charge in [0.25, 0.3) is 0 Å². The molecule has 178 valence electrons. The second kappa shape index (κ2) is 12.5. The van der Waals surface area contributed by atoms with Gasteiger partial charge in [0.05, 0.1) is 43.8 Å². The molecular formula is C23H35N3O6. The molecule has 9 nitrogen and oxygen atoms in total. The number of hydrogen-bond donors (Lipinski definition) is 3. The highest BCUT2D eigenvalue weighted by Gasteiger charge is 2.36. The van der Waals surface area contributed by atoms with Crippen molar-refractivity contribution < 1.29 is 29.6 Å². The molecule has 1 aromatic heterocycles. The summed E-state index contributed by atoms with van der Waals surface area (Å²) in [5.41, 5.74) is 1.64. The smallest absolute Gasteiger partial charge is 0.317 e. The van der Waals surface area contributed by atoms with E-state index in [4.69, 9.17) is 4.74 Å². The largest absolute Gasteiger partial charge is 0.512 e. The molecule has 3 N–H and O–H groups in total. The van der Waals surface area contributed by atoms with Crippen LogP contribution in [0.25, 0.3) is 0 Å². The minimum Gasteiger partial charge on any atom is -0.512 e. The molecule has 32 heavy (non-hydrogen) atoms. The van der Waals surface area contributed by atoms with Crippen molar-refractivity contribution in [1.82, 2.24) is 14.8 Å². The average Bonchev–Trinajstić information content (AvgIpc) is 2.71. The van der Waals surface area contributed by atoms with E-state index in [9.17, 15) is 24.9 Å². The Kier molecular flexibility index (Phi) is 10.1. The van der Waals surface area contributed by atoms with Gasteiger partial charge in [0.1, 0.15) is 0 Å². The van der Waals surface area contributed by atoms with Gasteiger partial charge in [0.2, 0.25) is 0 Å². The van der Waals surface area contributed by atoms with Gasteiger partial charge in [-0.15, -0.1) is 0 Å². The Labute approximate surface area is 189 Å². The third kappa shape index (κ3) is 8.22. The lowest BCUT2D eigenvalue weighted by Gasteiger charge is -2.44. The number of ether oxygens (including phenoxy) is 1. The molecule has 1 fully saturated rings. The Bertz CT molecular complexity index is 769. The summed E-state index contributed by atoms with van der Waals surface area (Å²) in [7, 11) is 0. The lowest BCUT2D eigenvalue weighted by Crippen LogP contribution is -2.55. The predicted molar refractivity (Wildman–Crippen MR) is 119 cm³/mol. The van der Waals surface area contributed by atoms with Crippen molar-refractivity contribution in [2.24, 2.45) is 0 Å². The van der Waals surface area contributed by atoms with E-state index in [0.717, 1.165) is 30.5 Å². The summed E-state index contributed by atoms with van der Waals surface area (Å²) in [4.78, 5) is 31.2. The average molecular weight is 450 g/mol. The van der Waals surface area contributed by atoms with Crippen molar-refractivity contribution >= 4 is 11.9 Å². The van der Waals surface area contributed by atoms with Crippen LogP contribution < -0.4 is 0 Å². The molecule has 1 heterocycles. The number of pyridine rings is 1. The Hall–Kier alpha value is -2.49. The van der Waals surface area contributed by atoms with Crippen LogP contribution in [-0.4, -0.2) is 79.9 Å². The van der Waals surface area contributed by atoms with Gasteiger partial charge < -0.3 is 20.1 Å². The number of aliphatic hydroxyl groups excluding tert-OH is 1. The number of aliphatic hydroxyl groups is 1. The lowest BCUT2D eigenvalue weighted by molar-refractivity contribution is -0.142. The van der Waals surface area contributed by atoms with Crippen molar-refractivity contribution in [3.05, 3.63) is 41.9 Å². The molecule has 9 heteroatoms. The quantitative estimate of drug-likeness (QED) is 0.390. The summed E-state index contributed by atoms with van der Waals surface area (Å²) in [5.74, 6) is -2.07. The molecule has 2 rings (SSSR count). The van der Waals surface area contributed by atoms with Crippen LogP contribution in [0.4, 0.5) is 0 Å². The van der Waals surface area contributed by atoms with E-state index < -0.39 is 11.9 Å². The van der Waals surface area contributed by atoms with Crippen molar-refractivity contribution in [2.45, 2.75) is 70.9 Å². The fourth-order valence-electron chi connectivity index (χ4n) is 4.30. The van der Waals surface area contributed by atoms with Gasteiger partial charge >= 0.3 is 11.9 Å². The normalized spacial score (nSPS) is 18.9. The van der Waals surface area contributed by atoms with Crippen molar-refractivity contribution in [2.75, 3.05) is 19.6 Å². The molecule has 0 amide bonds. The minimum absolute atomic E-state index is 0.0332. The first kappa shape index (κ1) is 25.8. The number of rotatable bonds is 13. The zero-order valence-electron chi connectivity index (χ0n) is 18.9. The monoisotopic (exact) mass is 449 g/mol. The van der Waals surface area contributed by atoms with Crippen LogP contribution in [-0.2, 0) is 27.5 Å². The van der Waals surface area contributed by atoms with E-state index in [1.54, 1.807) is 11.1 Å². The predicted octanol–water partition coefficient (Wildman–Crippen LogP) is 2.66. The maximum Gasteiger partial charge on any atom is 0.317 e. The van der Waals surface area contributed by atoms with Gasteiger partial charge in [-0.05, 0) is 32.8 Å². The second-order valence-electron chi connectivity index (χ2n) is 8.55. The molecular weight excluding hydrogens is 414 g/mol. The molecule has 0 aliphatic heterocycles. The van der Waals surface area contributed by atoms with Crippen LogP contribution in [0, 0.1) is 0 Å². The lowest BCUT2D eigenvalue weighted by atomic mass is 9.87. The highest BCUT2D eigenvalue weighted by molar-refractivity contribution is 5.69. The summed E-state index contributed by atoms with van der Waals surface area (Å²) >= 11 is 0. The van der Waals surface area contributed by atoms with Crippen LogP contribution in [0.5, 0.6) is 0 Å². The number of aromatic nitrogens is 1. The van der Waals surface area contributed by atoms with Gasteiger partial charge in [-0.2, -0.15) is 0 Å². The maximum atomic E-state index is 11.7. The summed E-state index contributed by atoms with van der Waals surface area (Å²) in [6, 6.07) is 3.34. The van der Waals surface area contributed by atoms with E-state index >= 15 is 0 Å². The Morgan fingerprint density at radius 1 is 1.09 bits per heavy atom. The van der Waals surface area contributed by atoms with Crippen molar-refractivity contribution in [3.8, 4) is 0 Å². The fourth-order valence-corrected chi connectivity index (χ4v) is 4.30. The highest BCUT2D eigenvalue weighted by Crippen LogP contribution is 2.29. The molecule has 1 saturated carbocycles. The summed E-state index contributed by atoms with van der Waals surface area (Å²) < 4.78 is 5.74. The molecule has 1 aliphatic carbocycles. The van der Waals surface area contributed by atoms with Gasteiger partial charge in [-0.3, -0.25) is 24.4 Å². The van der Waals surface area contributed by atoms with Crippen molar-refractivity contribution in [1.29, 1.82) is 0 Å². The standard InChI is InChI=1S/C23H35N3O6/c1-16(2)32-15-18-7-6-10-24-19(18)12-26(14-23(30)31)21-9-5-4-8-20(21)25(11-17(3)27)13-22(28)29/h6-7,10,16,20-21,27H,3-5,8-9,11-15H2,1-2H3,(H,28,29)(H,30,31)/t20?,21-/m0/s1. The van der Waals surface area contributed by atoms with Crippen LogP contribution in [0.15, 0.2) is 30.7 Å². The van der Waals surface area contributed by atoms with E-state index in [1.165, 1.54) is 0 Å². The number of carbonyl (C=O) groups is 2. The molecule has 1 aliphatic rings. The minimum atomic E-state index is -1.00. The SMILES string of the molecule is C=C(O)CN(CC(=O)O)C1CCCC[C@@H]1N(CC(=O)O)Cc1ncccc1COC(C)C. The molecule has 1 aromatic rings. The van der Waals surface area contributed by atoms with Gasteiger partial charge in [-0.1, -0.05) is 25.5 Å². The molecule has 1 unspecified atom stereocenters.